The van der Waals surface area contributed by atoms with Gasteiger partial charge in [0.1, 0.15) is 5.75 Å². The fraction of sp³-hybridized carbons (Fsp3) is 0.500. The van der Waals surface area contributed by atoms with Crippen LogP contribution in [-0.2, 0) is 0 Å². The maximum absolute atomic E-state index is 12.3. The molecule has 0 spiro atoms. The molecular weight excluding hydrogens is 245 g/mol. The number of hydrogen-bond donors (Lipinski definition) is 2. The van der Waals surface area contributed by atoms with E-state index >= 15 is 0 Å². The van der Waals surface area contributed by atoms with Crippen molar-refractivity contribution in [2.45, 2.75) is 32.0 Å². The summed E-state index contributed by atoms with van der Waals surface area (Å²) in [5.74, 6) is 5.79. The Balaban J connectivity index is 2.69. The van der Waals surface area contributed by atoms with E-state index in [2.05, 4.69) is 5.43 Å². The highest BCUT2D eigenvalue weighted by molar-refractivity contribution is 5.29. The second-order valence-corrected chi connectivity index (χ2v) is 3.96. The van der Waals surface area contributed by atoms with E-state index in [-0.39, 0.29) is 0 Å². The van der Waals surface area contributed by atoms with E-state index in [0.717, 1.165) is 6.42 Å². The van der Waals surface area contributed by atoms with Gasteiger partial charge in [-0.2, -0.15) is 13.2 Å². The summed E-state index contributed by atoms with van der Waals surface area (Å²) in [4.78, 5) is 0. The fourth-order valence-corrected chi connectivity index (χ4v) is 1.52. The van der Waals surface area contributed by atoms with Crippen LogP contribution >= 0.6 is 0 Å². The van der Waals surface area contributed by atoms with Crippen LogP contribution in [0.5, 0.6) is 5.75 Å². The highest BCUT2D eigenvalue weighted by atomic mass is 19.4. The van der Waals surface area contributed by atoms with Crippen LogP contribution in [0.2, 0.25) is 0 Å². The predicted molar refractivity (Wildman–Crippen MR) is 63.0 cm³/mol. The number of hydrazine groups is 1. The summed E-state index contributed by atoms with van der Waals surface area (Å²) < 4.78 is 42.3. The van der Waals surface area contributed by atoms with Gasteiger partial charge in [-0.1, -0.05) is 19.1 Å². The molecule has 1 aromatic carbocycles. The van der Waals surface area contributed by atoms with Gasteiger partial charge in [0.05, 0.1) is 19.1 Å². The normalized spacial score (nSPS) is 13.4. The second kappa shape index (κ2) is 6.61. The molecule has 0 aliphatic rings. The van der Waals surface area contributed by atoms with Crippen LogP contribution < -0.4 is 16.0 Å². The topological polar surface area (TPSA) is 47.3 Å². The van der Waals surface area contributed by atoms with E-state index in [9.17, 15) is 13.2 Å². The predicted octanol–water partition coefficient (Wildman–Crippen LogP) is 2.93. The Bertz CT molecular complexity index is 351. The van der Waals surface area contributed by atoms with E-state index in [1.807, 2.05) is 6.92 Å². The van der Waals surface area contributed by atoms with E-state index in [1.54, 1.807) is 24.3 Å². The number of alkyl halides is 3. The van der Waals surface area contributed by atoms with Gasteiger partial charge in [0, 0.05) is 0 Å². The summed E-state index contributed by atoms with van der Waals surface area (Å²) in [6, 6.07) is 5.52. The number of hydrogen-bond acceptors (Lipinski definition) is 3. The molecule has 0 fully saturated rings. The SMILES string of the molecule is CCCOc1ccc(C(CC(F)(F)F)NN)cc1. The maximum atomic E-state index is 12.3. The van der Waals surface area contributed by atoms with Crippen molar-refractivity contribution in [1.82, 2.24) is 5.43 Å². The monoisotopic (exact) mass is 262 g/mol. The fourth-order valence-electron chi connectivity index (χ4n) is 1.52. The molecule has 0 aliphatic carbocycles. The molecule has 6 heteroatoms. The van der Waals surface area contributed by atoms with Gasteiger partial charge in [-0.3, -0.25) is 11.3 Å². The molecule has 0 bridgehead atoms. The molecule has 1 atom stereocenters. The van der Waals surface area contributed by atoms with Gasteiger partial charge in [0.2, 0.25) is 0 Å². The number of nitrogens with one attached hydrogen (secondary N) is 1. The van der Waals surface area contributed by atoms with Gasteiger partial charge < -0.3 is 4.74 Å². The third-order valence-corrected chi connectivity index (χ3v) is 2.39. The van der Waals surface area contributed by atoms with Crippen LogP contribution in [-0.4, -0.2) is 12.8 Å². The lowest BCUT2D eigenvalue weighted by Gasteiger charge is -2.18. The number of benzene rings is 1. The minimum absolute atomic E-state index is 0.485. The van der Waals surface area contributed by atoms with Crippen LogP contribution in [0.25, 0.3) is 0 Å². The Hall–Kier alpha value is -1.27. The molecule has 3 N–H and O–H groups in total. The van der Waals surface area contributed by atoms with Crippen LogP contribution in [0.4, 0.5) is 13.2 Å². The van der Waals surface area contributed by atoms with Gasteiger partial charge in [-0.25, -0.2) is 0 Å². The van der Waals surface area contributed by atoms with Crippen molar-refractivity contribution in [2.24, 2.45) is 5.84 Å². The van der Waals surface area contributed by atoms with Crippen molar-refractivity contribution in [3.63, 3.8) is 0 Å². The molecule has 1 unspecified atom stereocenters. The summed E-state index contributed by atoms with van der Waals surface area (Å²) >= 11 is 0. The Morgan fingerprint density at radius 2 is 1.89 bits per heavy atom. The Morgan fingerprint density at radius 1 is 1.28 bits per heavy atom. The number of nitrogens with two attached hydrogens (primary N) is 1. The number of ether oxygens (including phenoxy) is 1. The first kappa shape index (κ1) is 14.8. The summed E-state index contributed by atoms with van der Waals surface area (Å²) in [5.41, 5.74) is 2.66. The van der Waals surface area contributed by atoms with Crippen LogP contribution in [0.1, 0.15) is 31.4 Å². The van der Waals surface area contributed by atoms with Crippen molar-refractivity contribution in [3.05, 3.63) is 29.8 Å². The molecule has 3 nitrogen and oxygen atoms in total. The minimum Gasteiger partial charge on any atom is -0.494 e. The molecule has 0 aliphatic heterocycles. The molecule has 0 saturated carbocycles. The summed E-state index contributed by atoms with van der Waals surface area (Å²) in [7, 11) is 0. The second-order valence-electron chi connectivity index (χ2n) is 3.96. The molecule has 0 aromatic heterocycles. The lowest BCUT2D eigenvalue weighted by atomic mass is 10.0. The molecule has 0 heterocycles. The Kier molecular flexibility index (Phi) is 5.43. The zero-order valence-electron chi connectivity index (χ0n) is 10.1. The zero-order valence-corrected chi connectivity index (χ0v) is 10.1. The van der Waals surface area contributed by atoms with Gasteiger partial charge in [-0.05, 0) is 24.1 Å². The standard InChI is InChI=1S/C12H17F3N2O/c1-2-7-18-10-5-3-9(4-6-10)11(17-16)8-12(13,14)15/h3-6,11,17H,2,7-8,16H2,1H3. The average molecular weight is 262 g/mol. The molecule has 0 radical (unpaired) electrons. The van der Waals surface area contributed by atoms with Crippen molar-refractivity contribution >= 4 is 0 Å². The number of rotatable bonds is 6. The highest BCUT2D eigenvalue weighted by Gasteiger charge is 2.32. The third-order valence-electron chi connectivity index (χ3n) is 2.39. The highest BCUT2D eigenvalue weighted by Crippen LogP contribution is 2.29. The smallest absolute Gasteiger partial charge is 0.390 e. The van der Waals surface area contributed by atoms with Crippen molar-refractivity contribution < 1.29 is 17.9 Å². The first-order chi connectivity index (χ1) is 8.46. The lowest BCUT2D eigenvalue weighted by Crippen LogP contribution is -2.31. The Morgan fingerprint density at radius 3 is 2.33 bits per heavy atom. The van der Waals surface area contributed by atoms with Gasteiger partial charge in [0.15, 0.2) is 0 Å². The zero-order chi connectivity index (χ0) is 13.6. The van der Waals surface area contributed by atoms with Gasteiger partial charge in [-0.15, -0.1) is 0 Å². The number of halogens is 3. The van der Waals surface area contributed by atoms with Crippen LogP contribution in [0.15, 0.2) is 24.3 Å². The average Bonchev–Trinajstić information content (AvgIpc) is 2.33. The van der Waals surface area contributed by atoms with E-state index < -0.39 is 18.6 Å². The summed E-state index contributed by atoms with van der Waals surface area (Å²) in [6.07, 6.45) is -4.38. The van der Waals surface area contributed by atoms with Gasteiger partial charge >= 0.3 is 6.18 Å². The van der Waals surface area contributed by atoms with Gasteiger partial charge in [0.25, 0.3) is 0 Å². The molecule has 1 rings (SSSR count). The first-order valence-corrected chi connectivity index (χ1v) is 5.72. The minimum atomic E-state index is -4.26. The van der Waals surface area contributed by atoms with Crippen molar-refractivity contribution in [1.29, 1.82) is 0 Å². The molecular formula is C12H17F3N2O. The van der Waals surface area contributed by atoms with E-state index in [1.165, 1.54) is 0 Å². The first-order valence-electron chi connectivity index (χ1n) is 5.72. The van der Waals surface area contributed by atoms with Crippen molar-refractivity contribution in [2.75, 3.05) is 6.61 Å². The largest absolute Gasteiger partial charge is 0.494 e. The summed E-state index contributed by atoms with van der Waals surface area (Å²) in [6.45, 7) is 2.56. The third kappa shape index (κ3) is 4.93. The quantitative estimate of drug-likeness (QED) is 0.612. The summed E-state index contributed by atoms with van der Waals surface area (Å²) in [5, 5.41) is 0. The molecule has 0 saturated heterocycles. The maximum Gasteiger partial charge on any atom is 0.390 e. The van der Waals surface area contributed by atoms with Crippen LogP contribution in [0, 0.1) is 0 Å². The Labute approximate surface area is 104 Å². The van der Waals surface area contributed by atoms with Crippen LogP contribution in [0.3, 0.4) is 0 Å². The molecule has 18 heavy (non-hydrogen) atoms. The van der Waals surface area contributed by atoms with Crippen molar-refractivity contribution in [3.8, 4) is 5.75 Å². The lowest BCUT2D eigenvalue weighted by molar-refractivity contribution is -0.140. The molecule has 1 aromatic rings. The molecule has 102 valence electrons. The van der Waals surface area contributed by atoms with E-state index in [4.69, 9.17) is 10.6 Å². The molecule has 0 amide bonds. The van der Waals surface area contributed by atoms with E-state index in [0.29, 0.717) is 17.9 Å².